The quantitative estimate of drug-likeness (QED) is 0.414. The van der Waals surface area contributed by atoms with Crippen LogP contribution in [0.1, 0.15) is 39.2 Å². The van der Waals surface area contributed by atoms with E-state index < -0.39 is 29.5 Å². The zero-order valence-electron chi connectivity index (χ0n) is 16.5. The van der Waals surface area contributed by atoms with E-state index in [0.29, 0.717) is 38.9 Å². The molecular weight excluding hydrogens is 398 g/mol. The van der Waals surface area contributed by atoms with Crippen LogP contribution in [0, 0.1) is 11.6 Å². The molecule has 1 aromatic heterocycles. The number of benzene rings is 3. The second-order valence-corrected chi connectivity index (χ2v) is 7.48. The molecule has 0 saturated carbocycles. The smallest absolute Gasteiger partial charge is 0.262 e. The maximum Gasteiger partial charge on any atom is 0.262 e. The minimum absolute atomic E-state index is 0.350. The molecule has 152 valence electrons. The summed E-state index contributed by atoms with van der Waals surface area (Å²) in [7, 11) is 0. The molecule has 0 fully saturated rings. The predicted octanol–water partition coefficient (Wildman–Crippen LogP) is 5.54. The Hall–Kier alpha value is -3.93. The van der Waals surface area contributed by atoms with Crippen molar-refractivity contribution in [3.63, 3.8) is 0 Å². The monoisotopic (exact) mass is 414 g/mol. The molecule has 0 radical (unpaired) electrons. The Balaban J connectivity index is 1.70. The van der Waals surface area contributed by atoms with Crippen LogP contribution in [0.25, 0.3) is 22.2 Å². The zero-order chi connectivity index (χ0) is 21.7. The number of halogens is 2. The molecule has 0 N–H and O–H groups in total. The van der Waals surface area contributed by atoms with Crippen molar-refractivity contribution in [2.45, 2.75) is 13.0 Å². The summed E-state index contributed by atoms with van der Waals surface area (Å²) in [4.78, 5) is 31.8. The van der Waals surface area contributed by atoms with Crippen molar-refractivity contribution >= 4 is 22.7 Å². The highest BCUT2D eigenvalue weighted by Gasteiger charge is 2.39. The molecule has 31 heavy (non-hydrogen) atoms. The average Bonchev–Trinajstić information content (AvgIpc) is 3.02. The third kappa shape index (κ3) is 3.08. The molecule has 0 aliphatic carbocycles. The minimum Gasteiger partial charge on any atom is -0.269 e. The fourth-order valence-electron chi connectivity index (χ4n) is 4.04. The summed E-state index contributed by atoms with van der Waals surface area (Å²) < 4.78 is 27.8. The molecule has 5 rings (SSSR count). The van der Waals surface area contributed by atoms with Gasteiger partial charge in [-0.05, 0) is 49.4 Å². The number of fused-ring (bicyclic) bond motifs is 2. The highest BCUT2D eigenvalue weighted by Crippen LogP contribution is 2.37. The molecular formula is C25H16F2N2O2. The van der Waals surface area contributed by atoms with Gasteiger partial charge in [-0.25, -0.2) is 13.8 Å². The highest BCUT2D eigenvalue weighted by atomic mass is 19.1. The highest BCUT2D eigenvalue weighted by molar-refractivity contribution is 6.21. The molecule has 2 heterocycles. The van der Waals surface area contributed by atoms with Crippen LogP contribution in [0.2, 0.25) is 0 Å². The van der Waals surface area contributed by atoms with E-state index in [1.54, 1.807) is 55.5 Å². The molecule has 3 aromatic carbocycles. The number of carbonyl (C=O) groups is 2. The van der Waals surface area contributed by atoms with E-state index >= 15 is 0 Å². The summed E-state index contributed by atoms with van der Waals surface area (Å²) in [5, 5.41) is 0.653. The van der Waals surface area contributed by atoms with Crippen LogP contribution in [-0.2, 0) is 0 Å². The standard InChI is InChI=1S/C25H16F2N2O2/c1-14(29-24(30)19-7-2-3-8-20(19)25(29)31)21-12-15-9-10-18(27)13-22(15)28-23(21)16-5-4-6-17(26)11-16/h2-14H,1H3/t14-/m0/s1. The van der Waals surface area contributed by atoms with Crippen molar-refractivity contribution < 1.29 is 18.4 Å². The van der Waals surface area contributed by atoms with E-state index in [4.69, 9.17) is 0 Å². The van der Waals surface area contributed by atoms with Crippen LogP contribution in [0.4, 0.5) is 8.78 Å². The SMILES string of the molecule is C[C@@H](c1cc2ccc(F)cc2nc1-c1cccc(F)c1)N1C(=O)c2ccccc2C1=O. The first-order valence-corrected chi connectivity index (χ1v) is 9.77. The molecule has 2 amide bonds. The Morgan fingerprint density at radius 3 is 2.16 bits per heavy atom. The van der Waals surface area contributed by atoms with Gasteiger partial charge in [0.2, 0.25) is 0 Å². The first-order valence-electron chi connectivity index (χ1n) is 9.77. The van der Waals surface area contributed by atoms with Crippen LogP contribution < -0.4 is 0 Å². The number of nitrogens with zero attached hydrogens (tertiary/aromatic N) is 2. The number of rotatable bonds is 3. The zero-order valence-corrected chi connectivity index (χ0v) is 16.5. The Morgan fingerprint density at radius 1 is 0.806 bits per heavy atom. The third-order valence-corrected chi connectivity index (χ3v) is 5.57. The van der Waals surface area contributed by atoms with Gasteiger partial charge in [0.15, 0.2) is 0 Å². The lowest BCUT2D eigenvalue weighted by Crippen LogP contribution is -2.33. The number of pyridine rings is 1. The summed E-state index contributed by atoms with van der Waals surface area (Å²) in [5.74, 6) is -1.67. The molecule has 4 aromatic rings. The van der Waals surface area contributed by atoms with Gasteiger partial charge in [0.25, 0.3) is 11.8 Å². The summed E-state index contributed by atoms with van der Waals surface area (Å²) >= 11 is 0. The van der Waals surface area contributed by atoms with Crippen molar-refractivity contribution in [1.29, 1.82) is 0 Å². The number of imide groups is 1. The summed E-state index contributed by atoms with van der Waals surface area (Å²) in [6.07, 6.45) is 0. The van der Waals surface area contributed by atoms with Gasteiger partial charge in [0, 0.05) is 22.6 Å². The van der Waals surface area contributed by atoms with Gasteiger partial charge in [-0.2, -0.15) is 0 Å². The normalized spacial score (nSPS) is 14.2. The largest absolute Gasteiger partial charge is 0.269 e. The van der Waals surface area contributed by atoms with Gasteiger partial charge in [0.1, 0.15) is 11.6 Å². The van der Waals surface area contributed by atoms with Crippen LogP contribution in [0.5, 0.6) is 0 Å². The second-order valence-electron chi connectivity index (χ2n) is 7.48. The van der Waals surface area contributed by atoms with E-state index in [1.807, 2.05) is 0 Å². The molecule has 0 unspecified atom stereocenters. The second kappa shape index (κ2) is 7.09. The molecule has 4 nitrogen and oxygen atoms in total. The van der Waals surface area contributed by atoms with E-state index in [-0.39, 0.29) is 0 Å². The number of hydrogen-bond acceptors (Lipinski definition) is 3. The maximum absolute atomic E-state index is 14.0. The van der Waals surface area contributed by atoms with Gasteiger partial charge in [-0.3, -0.25) is 14.5 Å². The van der Waals surface area contributed by atoms with Crippen molar-refractivity contribution in [3.05, 3.63) is 101 Å². The number of amides is 2. The van der Waals surface area contributed by atoms with E-state index in [0.717, 1.165) is 0 Å². The predicted molar refractivity (Wildman–Crippen MR) is 112 cm³/mol. The number of hydrogen-bond donors (Lipinski definition) is 0. The molecule has 1 aliphatic heterocycles. The minimum atomic E-state index is -0.673. The van der Waals surface area contributed by atoms with Crippen molar-refractivity contribution in [1.82, 2.24) is 9.88 Å². The van der Waals surface area contributed by atoms with Crippen molar-refractivity contribution in [2.24, 2.45) is 0 Å². The third-order valence-electron chi connectivity index (χ3n) is 5.57. The van der Waals surface area contributed by atoms with E-state index in [1.165, 1.54) is 29.2 Å². The summed E-state index contributed by atoms with van der Waals surface area (Å²) in [5.41, 5.74) is 2.54. The van der Waals surface area contributed by atoms with E-state index in [9.17, 15) is 18.4 Å². The van der Waals surface area contributed by atoms with Crippen molar-refractivity contribution in [2.75, 3.05) is 0 Å². The number of carbonyl (C=O) groups excluding carboxylic acids is 2. The lowest BCUT2D eigenvalue weighted by Gasteiger charge is -2.25. The first-order chi connectivity index (χ1) is 14.9. The topological polar surface area (TPSA) is 50.3 Å². The van der Waals surface area contributed by atoms with Gasteiger partial charge in [-0.1, -0.05) is 24.3 Å². The molecule has 0 spiro atoms. The van der Waals surface area contributed by atoms with E-state index in [2.05, 4.69) is 4.98 Å². The average molecular weight is 414 g/mol. The lowest BCUT2D eigenvalue weighted by molar-refractivity contribution is 0.0595. The Bertz CT molecular complexity index is 1350. The van der Waals surface area contributed by atoms with Crippen LogP contribution in [0.15, 0.2) is 72.8 Å². The first kappa shape index (κ1) is 19.1. The van der Waals surface area contributed by atoms with Crippen molar-refractivity contribution in [3.8, 4) is 11.3 Å². The molecule has 0 bridgehead atoms. The van der Waals surface area contributed by atoms with Gasteiger partial charge < -0.3 is 0 Å². The Morgan fingerprint density at radius 2 is 1.48 bits per heavy atom. The summed E-state index contributed by atoms with van der Waals surface area (Å²) in [6.45, 7) is 1.73. The fraction of sp³-hybridized carbons (Fsp3) is 0.0800. The molecule has 0 saturated heterocycles. The van der Waals surface area contributed by atoms with Gasteiger partial charge >= 0.3 is 0 Å². The molecule has 1 atom stereocenters. The summed E-state index contributed by atoms with van der Waals surface area (Å²) in [6, 6.07) is 17.9. The molecule has 6 heteroatoms. The maximum atomic E-state index is 14.0. The van der Waals surface area contributed by atoms with Gasteiger partial charge in [0.05, 0.1) is 28.4 Å². The fourth-order valence-corrected chi connectivity index (χ4v) is 4.04. The Kier molecular flexibility index (Phi) is 4.36. The number of aromatic nitrogens is 1. The van der Waals surface area contributed by atoms with Gasteiger partial charge in [-0.15, -0.1) is 0 Å². The van der Waals surface area contributed by atoms with Crippen LogP contribution in [0.3, 0.4) is 0 Å². The van der Waals surface area contributed by atoms with Crippen LogP contribution >= 0.6 is 0 Å². The molecule has 1 aliphatic rings. The van der Waals surface area contributed by atoms with Crippen LogP contribution in [-0.4, -0.2) is 21.7 Å². The lowest BCUT2D eigenvalue weighted by atomic mass is 9.97. The Labute approximate surface area is 176 Å².